The molecule has 4 nitrogen and oxygen atoms in total. The molecule has 0 saturated carbocycles. The molecule has 4 heteroatoms. The first-order valence-electron chi connectivity index (χ1n) is 7.47. The summed E-state index contributed by atoms with van der Waals surface area (Å²) in [6, 6.07) is 8.89. The molecule has 2 N–H and O–H groups in total. The topological polar surface area (TPSA) is 44.7 Å². The van der Waals surface area contributed by atoms with Crippen molar-refractivity contribution in [2.24, 2.45) is 0 Å². The van der Waals surface area contributed by atoms with Crippen molar-refractivity contribution in [1.82, 2.24) is 10.2 Å². The number of hydrogen-bond acceptors (Lipinski definition) is 4. The number of nitrogens with zero attached hydrogens (tertiary/aromatic N) is 1. The van der Waals surface area contributed by atoms with Gasteiger partial charge < -0.3 is 15.2 Å². The number of ether oxygens (including phenoxy) is 1. The highest BCUT2D eigenvalue weighted by Crippen LogP contribution is 2.12. The van der Waals surface area contributed by atoms with Crippen LogP contribution < -0.4 is 10.1 Å². The average molecular weight is 278 g/mol. The van der Waals surface area contributed by atoms with E-state index in [4.69, 9.17) is 4.74 Å². The van der Waals surface area contributed by atoms with Crippen LogP contribution in [0.15, 0.2) is 24.3 Å². The molecule has 1 aromatic carbocycles. The summed E-state index contributed by atoms with van der Waals surface area (Å²) in [7, 11) is 0. The summed E-state index contributed by atoms with van der Waals surface area (Å²) in [6.45, 7) is 8.04. The molecule has 0 radical (unpaired) electrons. The second-order valence-electron chi connectivity index (χ2n) is 5.66. The van der Waals surface area contributed by atoms with Crippen molar-refractivity contribution in [3.63, 3.8) is 0 Å². The maximum absolute atomic E-state index is 9.40. The molecule has 2 unspecified atom stereocenters. The molecule has 1 aromatic rings. The van der Waals surface area contributed by atoms with Crippen molar-refractivity contribution in [1.29, 1.82) is 0 Å². The highest BCUT2D eigenvalue weighted by atomic mass is 16.5. The van der Waals surface area contributed by atoms with Gasteiger partial charge in [0, 0.05) is 31.7 Å². The number of hydrogen-bond donors (Lipinski definition) is 2. The first kappa shape index (κ1) is 15.3. The molecular weight excluding hydrogens is 252 g/mol. The Hall–Kier alpha value is -1.10. The van der Waals surface area contributed by atoms with Gasteiger partial charge in [-0.25, -0.2) is 0 Å². The number of nitrogens with one attached hydrogen (secondary N) is 1. The summed E-state index contributed by atoms with van der Waals surface area (Å²) in [5.41, 5.74) is 1.25. The van der Waals surface area contributed by atoms with Gasteiger partial charge in [-0.2, -0.15) is 0 Å². The highest BCUT2D eigenvalue weighted by Gasteiger charge is 2.24. The van der Waals surface area contributed by atoms with E-state index in [-0.39, 0.29) is 12.6 Å². The third-order valence-electron chi connectivity index (χ3n) is 3.82. The first-order valence-corrected chi connectivity index (χ1v) is 7.47. The van der Waals surface area contributed by atoms with Crippen LogP contribution >= 0.6 is 0 Å². The quantitative estimate of drug-likeness (QED) is 0.773. The van der Waals surface area contributed by atoms with E-state index in [1.807, 2.05) is 12.1 Å². The van der Waals surface area contributed by atoms with Crippen LogP contribution in [-0.4, -0.2) is 54.9 Å². The van der Waals surface area contributed by atoms with Crippen LogP contribution in [0.2, 0.25) is 0 Å². The molecule has 20 heavy (non-hydrogen) atoms. The fraction of sp³-hybridized carbons (Fsp3) is 0.625. The van der Waals surface area contributed by atoms with Crippen LogP contribution in [0.5, 0.6) is 5.75 Å². The van der Waals surface area contributed by atoms with E-state index in [2.05, 4.69) is 36.2 Å². The molecule has 1 fully saturated rings. The molecule has 1 aliphatic rings. The van der Waals surface area contributed by atoms with Crippen molar-refractivity contribution in [2.75, 3.05) is 32.8 Å². The lowest BCUT2D eigenvalue weighted by Crippen LogP contribution is -2.57. The van der Waals surface area contributed by atoms with Crippen molar-refractivity contribution >= 4 is 0 Å². The minimum atomic E-state index is 0.221. The molecule has 1 heterocycles. The largest absolute Gasteiger partial charge is 0.494 e. The molecule has 0 amide bonds. The molecular formula is C16H26N2O2. The van der Waals surface area contributed by atoms with E-state index < -0.39 is 0 Å². The van der Waals surface area contributed by atoms with Crippen LogP contribution in [0.4, 0.5) is 0 Å². The lowest BCUT2D eigenvalue weighted by Gasteiger charge is -2.38. The Morgan fingerprint density at radius 1 is 1.35 bits per heavy atom. The van der Waals surface area contributed by atoms with Crippen molar-refractivity contribution in [3.8, 4) is 5.75 Å². The predicted octanol–water partition coefficient (Wildman–Crippen LogP) is 1.42. The van der Waals surface area contributed by atoms with Gasteiger partial charge >= 0.3 is 0 Å². The first-order chi connectivity index (χ1) is 9.69. The van der Waals surface area contributed by atoms with Gasteiger partial charge in [-0.05, 0) is 32.4 Å². The smallest absolute Gasteiger partial charge is 0.119 e. The third-order valence-corrected chi connectivity index (χ3v) is 3.82. The van der Waals surface area contributed by atoms with Crippen molar-refractivity contribution in [2.45, 2.75) is 32.4 Å². The van der Waals surface area contributed by atoms with Gasteiger partial charge in [0.15, 0.2) is 0 Å². The summed E-state index contributed by atoms with van der Waals surface area (Å²) < 4.78 is 5.74. The minimum Gasteiger partial charge on any atom is -0.494 e. The van der Waals surface area contributed by atoms with Gasteiger partial charge in [-0.15, -0.1) is 0 Å². The number of aryl methyl sites for hydroxylation is 1. The van der Waals surface area contributed by atoms with E-state index in [1.54, 1.807) is 0 Å². The van der Waals surface area contributed by atoms with Gasteiger partial charge in [0.25, 0.3) is 0 Å². The Labute approximate surface area is 121 Å². The van der Waals surface area contributed by atoms with Gasteiger partial charge in [0.1, 0.15) is 5.75 Å². The molecule has 0 aliphatic carbocycles. The van der Waals surface area contributed by atoms with Gasteiger partial charge in [0.05, 0.1) is 13.2 Å². The monoisotopic (exact) mass is 278 g/mol. The lowest BCUT2D eigenvalue weighted by atomic mass is 10.1. The second-order valence-corrected chi connectivity index (χ2v) is 5.66. The van der Waals surface area contributed by atoms with Crippen LogP contribution in [0.3, 0.4) is 0 Å². The number of aliphatic hydroxyl groups is 1. The molecule has 0 spiro atoms. The van der Waals surface area contributed by atoms with Crippen LogP contribution in [0.1, 0.15) is 18.9 Å². The zero-order valence-electron chi connectivity index (χ0n) is 12.5. The Kier molecular flexibility index (Phi) is 5.83. The molecule has 112 valence electrons. The standard InChI is InChI=1S/C16H26N2O2/c1-13-4-6-16(7-5-13)20-9-3-8-18-11-14(2)17-10-15(18)12-19/h4-7,14-15,17,19H,3,8-12H2,1-2H3. The van der Waals surface area contributed by atoms with E-state index in [9.17, 15) is 5.11 Å². The number of aliphatic hydroxyl groups excluding tert-OH is 1. The molecule has 1 saturated heterocycles. The van der Waals surface area contributed by atoms with Crippen molar-refractivity contribution < 1.29 is 9.84 Å². The Balaban J connectivity index is 1.70. The number of benzene rings is 1. The van der Waals surface area contributed by atoms with E-state index in [0.29, 0.717) is 6.04 Å². The highest BCUT2D eigenvalue weighted by molar-refractivity contribution is 5.26. The fourth-order valence-electron chi connectivity index (χ4n) is 2.58. The summed E-state index contributed by atoms with van der Waals surface area (Å²) in [5, 5.41) is 12.8. The van der Waals surface area contributed by atoms with Gasteiger partial charge in [-0.3, -0.25) is 4.90 Å². The predicted molar refractivity (Wildman–Crippen MR) is 81.2 cm³/mol. The second kappa shape index (κ2) is 7.62. The Morgan fingerprint density at radius 2 is 2.10 bits per heavy atom. The number of piperazine rings is 1. The summed E-state index contributed by atoms with van der Waals surface area (Å²) in [6.07, 6.45) is 0.983. The van der Waals surface area contributed by atoms with Crippen LogP contribution in [0, 0.1) is 6.92 Å². The SMILES string of the molecule is Cc1ccc(OCCCN2CC(C)NCC2CO)cc1. The lowest BCUT2D eigenvalue weighted by molar-refractivity contribution is 0.0793. The van der Waals surface area contributed by atoms with Crippen molar-refractivity contribution in [3.05, 3.63) is 29.8 Å². The van der Waals surface area contributed by atoms with E-state index in [0.717, 1.165) is 38.4 Å². The summed E-state index contributed by atoms with van der Waals surface area (Å²) in [4.78, 5) is 2.36. The molecule has 2 atom stereocenters. The third kappa shape index (κ3) is 4.47. The Bertz CT molecular complexity index is 394. The zero-order chi connectivity index (χ0) is 14.4. The van der Waals surface area contributed by atoms with E-state index in [1.165, 1.54) is 5.56 Å². The summed E-state index contributed by atoms with van der Waals surface area (Å²) >= 11 is 0. The normalized spacial score (nSPS) is 23.8. The van der Waals surface area contributed by atoms with Gasteiger partial charge in [0.2, 0.25) is 0 Å². The number of rotatable bonds is 6. The van der Waals surface area contributed by atoms with Crippen LogP contribution in [-0.2, 0) is 0 Å². The molecule has 0 aromatic heterocycles. The maximum atomic E-state index is 9.40. The van der Waals surface area contributed by atoms with E-state index >= 15 is 0 Å². The maximum Gasteiger partial charge on any atom is 0.119 e. The fourth-order valence-corrected chi connectivity index (χ4v) is 2.58. The molecule has 2 rings (SSSR count). The zero-order valence-corrected chi connectivity index (χ0v) is 12.5. The molecule has 0 bridgehead atoms. The minimum absolute atomic E-state index is 0.221. The average Bonchev–Trinajstić information content (AvgIpc) is 2.46. The molecule has 1 aliphatic heterocycles. The van der Waals surface area contributed by atoms with Crippen LogP contribution in [0.25, 0.3) is 0 Å². The Morgan fingerprint density at radius 3 is 2.80 bits per heavy atom. The summed E-state index contributed by atoms with van der Waals surface area (Å²) in [5.74, 6) is 0.933. The van der Waals surface area contributed by atoms with Gasteiger partial charge in [-0.1, -0.05) is 17.7 Å².